The second-order valence-electron chi connectivity index (χ2n) is 10.1. The van der Waals surface area contributed by atoms with E-state index in [9.17, 15) is 5.53 Å². The van der Waals surface area contributed by atoms with Crippen molar-refractivity contribution in [2.45, 2.75) is 125 Å². The minimum Gasteiger partial charge on any atom is -0.493 e. The molecule has 0 unspecified atom stereocenters. The number of rotatable bonds is 15. The first-order valence-corrected chi connectivity index (χ1v) is 15.7. The smallest absolute Gasteiger partial charge is 0.493 e. The molecule has 2 aromatic rings. The molecule has 3 rings (SSSR count). The Bertz CT molecular complexity index is 1050. The molecule has 1 aliphatic heterocycles. The number of nitrogens with zero attached hydrogens (tertiary/aromatic N) is 2. The van der Waals surface area contributed by atoms with Crippen molar-refractivity contribution in [1.29, 1.82) is 0 Å². The monoisotopic (exact) mass is 586 g/mol. The van der Waals surface area contributed by atoms with Crippen LogP contribution in [0.3, 0.4) is 0 Å². The van der Waals surface area contributed by atoms with E-state index in [2.05, 4.69) is 90.1 Å². The van der Waals surface area contributed by atoms with Gasteiger partial charge in [-0.25, -0.2) is 4.70 Å². The molecule has 0 amide bonds. The molecule has 224 valence electrons. The Kier molecular flexibility index (Phi) is 21.5. The Balaban J connectivity index is 0.00000291. The van der Waals surface area contributed by atoms with Crippen molar-refractivity contribution in [2.24, 2.45) is 0 Å². The van der Waals surface area contributed by atoms with Crippen LogP contribution in [-0.2, 0) is 29.3 Å². The maximum absolute atomic E-state index is 11.8. The van der Waals surface area contributed by atoms with Gasteiger partial charge in [0.25, 0.3) is 0 Å². The van der Waals surface area contributed by atoms with Crippen molar-refractivity contribution in [3.05, 3.63) is 101 Å². The first-order valence-electron chi connectivity index (χ1n) is 15.7. The van der Waals surface area contributed by atoms with Gasteiger partial charge in [0.15, 0.2) is 0 Å². The molecule has 0 fully saturated rings. The number of allylic oxidation sites excluding steroid dienone is 2. The second-order valence-corrected chi connectivity index (χ2v) is 10.1. The molecular formula is C37H56N2Ni. The molecule has 0 bridgehead atoms. The number of unbranched alkanes of at least 4 members (excludes halogenated alkanes) is 5. The van der Waals surface area contributed by atoms with Gasteiger partial charge in [0.1, 0.15) is 0 Å². The Labute approximate surface area is 258 Å². The van der Waals surface area contributed by atoms with Crippen molar-refractivity contribution >= 4 is 11.4 Å². The SMILES string of the molecule is CCCCCC1=C(c2cccc(CCCC)c2)[N+](=[N-])C(c2cccc(CCCC)c2)=C1CCCC.[CH2-]C.[CH2-]C.[Ni+2]. The van der Waals surface area contributed by atoms with E-state index in [0.29, 0.717) is 0 Å². The van der Waals surface area contributed by atoms with E-state index in [1.807, 2.05) is 0 Å². The molecule has 0 aromatic heterocycles. The second kappa shape index (κ2) is 22.7. The summed E-state index contributed by atoms with van der Waals surface area (Å²) in [6.45, 7) is 19.0. The zero-order valence-corrected chi connectivity index (χ0v) is 27.4. The molecule has 0 saturated heterocycles. The summed E-state index contributed by atoms with van der Waals surface area (Å²) in [6, 6.07) is 17.8. The fourth-order valence-corrected chi connectivity index (χ4v) is 5.20. The number of benzene rings is 2. The average Bonchev–Trinajstić information content (AvgIpc) is 3.26. The molecule has 40 heavy (non-hydrogen) atoms. The Morgan fingerprint density at radius 3 is 1.32 bits per heavy atom. The van der Waals surface area contributed by atoms with Crippen molar-refractivity contribution in [3.63, 3.8) is 0 Å². The molecule has 1 heterocycles. The van der Waals surface area contributed by atoms with Crippen LogP contribution in [0.15, 0.2) is 59.7 Å². The third-order valence-electron chi connectivity index (χ3n) is 7.21. The molecule has 0 aliphatic carbocycles. The minimum absolute atomic E-state index is 0. The Morgan fingerprint density at radius 2 is 0.925 bits per heavy atom. The van der Waals surface area contributed by atoms with Gasteiger partial charge < -0.3 is 19.4 Å². The van der Waals surface area contributed by atoms with Crippen LogP contribution in [-0.4, -0.2) is 4.70 Å². The van der Waals surface area contributed by atoms with E-state index in [1.54, 1.807) is 18.5 Å². The van der Waals surface area contributed by atoms with E-state index in [-0.39, 0.29) is 16.5 Å². The van der Waals surface area contributed by atoms with Crippen LogP contribution in [0.25, 0.3) is 16.9 Å². The Morgan fingerprint density at radius 1 is 0.550 bits per heavy atom. The normalized spacial score (nSPS) is 12.4. The summed E-state index contributed by atoms with van der Waals surface area (Å²) < 4.78 is 1.55. The topological polar surface area (TPSA) is 25.3 Å². The number of aryl methyl sites for hydroxylation is 2. The van der Waals surface area contributed by atoms with Crippen LogP contribution in [0.5, 0.6) is 0 Å². The average molecular weight is 588 g/mol. The zero-order valence-electron chi connectivity index (χ0n) is 26.4. The third-order valence-corrected chi connectivity index (χ3v) is 7.21. The zero-order chi connectivity index (χ0) is 29.0. The van der Waals surface area contributed by atoms with Crippen molar-refractivity contribution in [2.75, 3.05) is 0 Å². The molecule has 1 aliphatic rings. The van der Waals surface area contributed by atoms with Gasteiger partial charge in [0, 0.05) is 22.3 Å². The van der Waals surface area contributed by atoms with Gasteiger partial charge in [-0.15, -0.1) is 0 Å². The summed E-state index contributed by atoms with van der Waals surface area (Å²) in [5.74, 6) is 0. The van der Waals surface area contributed by atoms with Gasteiger partial charge in [0.2, 0.25) is 11.4 Å². The molecule has 3 heteroatoms. The molecular weight excluding hydrogens is 531 g/mol. The van der Waals surface area contributed by atoms with E-state index >= 15 is 0 Å². The van der Waals surface area contributed by atoms with Crippen molar-refractivity contribution < 1.29 is 21.2 Å². The van der Waals surface area contributed by atoms with E-state index in [4.69, 9.17) is 0 Å². The fourth-order valence-electron chi connectivity index (χ4n) is 5.20. The van der Waals surface area contributed by atoms with E-state index in [0.717, 1.165) is 67.5 Å². The number of hydrogen-bond donors (Lipinski definition) is 0. The minimum atomic E-state index is 0. The first-order chi connectivity index (χ1) is 19.1. The molecule has 0 spiro atoms. The maximum atomic E-state index is 11.8. The number of hydrogen-bond acceptors (Lipinski definition) is 0. The summed E-state index contributed by atoms with van der Waals surface area (Å²) in [6.07, 6.45) is 14.9. The Hall–Kier alpha value is -1.99. The fraction of sp³-hybridized carbons (Fsp3) is 0.514. The van der Waals surface area contributed by atoms with Crippen LogP contribution in [0.4, 0.5) is 0 Å². The van der Waals surface area contributed by atoms with E-state index in [1.165, 1.54) is 60.8 Å². The summed E-state index contributed by atoms with van der Waals surface area (Å²) in [5, 5.41) is 0. The predicted molar refractivity (Wildman–Crippen MR) is 173 cm³/mol. The van der Waals surface area contributed by atoms with Crippen molar-refractivity contribution in [1.82, 2.24) is 0 Å². The van der Waals surface area contributed by atoms with Gasteiger partial charge in [-0.1, -0.05) is 84.1 Å². The largest absolute Gasteiger partial charge is 2.00 e. The van der Waals surface area contributed by atoms with Crippen LogP contribution < -0.4 is 0 Å². The summed E-state index contributed by atoms with van der Waals surface area (Å²) >= 11 is 0. The van der Waals surface area contributed by atoms with Crippen LogP contribution >= 0.6 is 0 Å². The van der Waals surface area contributed by atoms with Gasteiger partial charge in [-0.05, 0) is 86.8 Å². The quantitative estimate of drug-likeness (QED) is 0.0857. The summed E-state index contributed by atoms with van der Waals surface area (Å²) in [4.78, 5) is 0. The standard InChI is InChI=1S/C33H46N2.2C2H5.Ni/c1-5-9-13-23-31-30(22-12-8-4)32(28-20-14-18-26(24-28)16-10-6-2)35(34)33(31)29-21-15-19-27(25-29)17-11-7-3;2*1-2;/h14-15,18-21,24-25H,5-13,16-17,22-23H2,1-4H3;2*1H2,2H3;/q;2*-1;+2. The molecule has 0 atom stereocenters. The maximum Gasteiger partial charge on any atom is 2.00 e. The predicted octanol–water partition coefficient (Wildman–Crippen LogP) is 12.0. The molecule has 0 saturated carbocycles. The first kappa shape index (κ1) is 38.0. The van der Waals surface area contributed by atoms with Gasteiger partial charge in [0.05, 0.1) is 0 Å². The van der Waals surface area contributed by atoms with Gasteiger partial charge in [-0.3, -0.25) is 0 Å². The summed E-state index contributed by atoms with van der Waals surface area (Å²) in [5.41, 5.74) is 21.6. The molecule has 2 nitrogen and oxygen atoms in total. The van der Waals surface area contributed by atoms with Crippen molar-refractivity contribution in [3.8, 4) is 0 Å². The summed E-state index contributed by atoms with van der Waals surface area (Å²) in [7, 11) is 0. The van der Waals surface area contributed by atoms with Crippen LogP contribution in [0.1, 0.15) is 134 Å². The third kappa shape index (κ3) is 11.1. The van der Waals surface area contributed by atoms with Gasteiger partial charge >= 0.3 is 16.5 Å². The molecule has 0 N–H and O–H groups in total. The molecule has 0 radical (unpaired) electrons. The molecule has 2 aromatic carbocycles. The van der Waals surface area contributed by atoms with Crippen LogP contribution in [0.2, 0.25) is 0 Å². The van der Waals surface area contributed by atoms with Gasteiger partial charge in [-0.2, -0.15) is 13.8 Å². The van der Waals surface area contributed by atoms with E-state index < -0.39 is 0 Å². The van der Waals surface area contributed by atoms with Crippen LogP contribution in [0, 0.1) is 13.8 Å².